The van der Waals surface area contributed by atoms with Gasteiger partial charge in [-0.25, -0.2) is 15.0 Å². The van der Waals surface area contributed by atoms with Crippen LogP contribution in [0.15, 0.2) is 29.1 Å². The van der Waals surface area contributed by atoms with Crippen LogP contribution in [0, 0.1) is 0 Å². The molecule has 11 heteroatoms. The zero-order chi connectivity index (χ0) is 17.4. The molecule has 0 amide bonds. The predicted octanol–water partition coefficient (Wildman–Crippen LogP) is 3.12. The molecule has 0 bridgehead atoms. The first-order valence-electron chi connectivity index (χ1n) is 7.48. The Hall–Kier alpha value is -1.37. The van der Waals surface area contributed by atoms with Crippen molar-refractivity contribution in [1.29, 1.82) is 0 Å². The van der Waals surface area contributed by atoms with Crippen LogP contribution in [0.3, 0.4) is 0 Å². The van der Waals surface area contributed by atoms with Gasteiger partial charge in [0.2, 0.25) is 0 Å². The summed E-state index contributed by atoms with van der Waals surface area (Å²) in [6.45, 7) is 4.22. The molecule has 0 aliphatic heterocycles. The Morgan fingerprint density at radius 2 is 2.16 bits per heavy atom. The Bertz CT molecular complexity index is 641. The first-order chi connectivity index (χ1) is 11.5. The Morgan fingerprint density at radius 1 is 1.36 bits per heavy atom. The first kappa shape index (κ1) is 21.7. The van der Waals surface area contributed by atoms with E-state index in [0.29, 0.717) is 24.1 Å². The van der Waals surface area contributed by atoms with E-state index in [1.54, 1.807) is 12.5 Å². The maximum Gasteiger partial charge on any atom is 0.434 e. The number of aromatic nitrogens is 3. The number of imidazole rings is 1. The van der Waals surface area contributed by atoms with Gasteiger partial charge in [0.1, 0.15) is 5.01 Å². The molecule has 2 rings (SSSR count). The lowest BCUT2D eigenvalue weighted by Crippen LogP contribution is -2.38. The molecule has 2 aromatic heterocycles. The van der Waals surface area contributed by atoms with Crippen molar-refractivity contribution in [3.8, 4) is 0 Å². The smallest absolute Gasteiger partial charge is 0.357 e. The number of aryl methyl sites for hydroxylation is 1. The number of nitrogens with one attached hydrogen (secondary N) is 2. The van der Waals surface area contributed by atoms with Gasteiger partial charge in [0, 0.05) is 37.4 Å². The average molecular weight is 488 g/mol. The quantitative estimate of drug-likeness (QED) is 0.272. The van der Waals surface area contributed by atoms with Gasteiger partial charge in [-0.1, -0.05) is 0 Å². The van der Waals surface area contributed by atoms with Crippen molar-refractivity contribution in [1.82, 2.24) is 25.2 Å². The molecular weight excluding hydrogens is 468 g/mol. The van der Waals surface area contributed by atoms with Crippen molar-refractivity contribution in [2.45, 2.75) is 32.6 Å². The third-order valence-corrected chi connectivity index (χ3v) is 3.84. The monoisotopic (exact) mass is 488 g/mol. The van der Waals surface area contributed by atoms with Gasteiger partial charge in [0.25, 0.3) is 0 Å². The second kappa shape index (κ2) is 10.6. The molecule has 2 heterocycles. The zero-order valence-electron chi connectivity index (χ0n) is 13.6. The zero-order valence-corrected chi connectivity index (χ0v) is 16.7. The van der Waals surface area contributed by atoms with Crippen molar-refractivity contribution in [2.24, 2.45) is 4.99 Å². The Labute approximate surface area is 165 Å². The van der Waals surface area contributed by atoms with Crippen LogP contribution in [0.1, 0.15) is 24.0 Å². The van der Waals surface area contributed by atoms with Gasteiger partial charge >= 0.3 is 6.18 Å². The topological polar surface area (TPSA) is 67.1 Å². The third-order valence-electron chi connectivity index (χ3n) is 3.00. The van der Waals surface area contributed by atoms with E-state index in [-0.39, 0.29) is 30.5 Å². The van der Waals surface area contributed by atoms with E-state index in [4.69, 9.17) is 0 Å². The third kappa shape index (κ3) is 7.59. The SMILES string of the molecule is CCNC(=NCc1nc(C(F)(F)F)cs1)NCCCn1ccnc1.I. The van der Waals surface area contributed by atoms with Crippen LogP contribution in [0.5, 0.6) is 0 Å². The minimum Gasteiger partial charge on any atom is -0.357 e. The summed E-state index contributed by atoms with van der Waals surface area (Å²) < 4.78 is 39.5. The molecular formula is C14H20F3IN6S. The molecule has 0 radical (unpaired) electrons. The summed E-state index contributed by atoms with van der Waals surface area (Å²) >= 11 is 0.959. The van der Waals surface area contributed by atoms with Gasteiger partial charge < -0.3 is 15.2 Å². The molecule has 0 aliphatic rings. The highest BCUT2D eigenvalue weighted by atomic mass is 127. The first-order valence-corrected chi connectivity index (χ1v) is 8.36. The van der Waals surface area contributed by atoms with Crippen molar-refractivity contribution in [2.75, 3.05) is 13.1 Å². The standard InChI is InChI=1S/C14H19F3N6S.HI/c1-2-19-13(20-4-3-6-23-7-5-18-10-23)21-8-12-22-11(9-24-12)14(15,16)17;/h5,7,9-10H,2-4,6,8H2,1H3,(H2,19,20,21);1H. The molecule has 0 saturated heterocycles. The molecule has 0 unspecified atom stereocenters. The van der Waals surface area contributed by atoms with Crippen molar-refractivity contribution in [3.05, 3.63) is 34.8 Å². The fraction of sp³-hybridized carbons (Fsp3) is 0.500. The van der Waals surface area contributed by atoms with E-state index < -0.39 is 11.9 Å². The molecule has 0 atom stereocenters. The van der Waals surface area contributed by atoms with Gasteiger partial charge in [-0.15, -0.1) is 35.3 Å². The highest BCUT2D eigenvalue weighted by Crippen LogP contribution is 2.30. The molecule has 0 aliphatic carbocycles. The Morgan fingerprint density at radius 3 is 2.76 bits per heavy atom. The molecule has 2 N–H and O–H groups in total. The summed E-state index contributed by atoms with van der Waals surface area (Å²) in [7, 11) is 0. The molecule has 25 heavy (non-hydrogen) atoms. The van der Waals surface area contributed by atoms with Crippen molar-refractivity contribution < 1.29 is 13.2 Å². The van der Waals surface area contributed by atoms with Crippen LogP contribution in [0.2, 0.25) is 0 Å². The summed E-state index contributed by atoms with van der Waals surface area (Å²) in [5, 5.41) is 7.55. The second-order valence-corrected chi connectivity index (χ2v) is 5.84. The highest BCUT2D eigenvalue weighted by molar-refractivity contribution is 14.0. The minimum absolute atomic E-state index is 0. The lowest BCUT2D eigenvalue weighted by molar-refractivity contribution is -0.140. The Kier molecular flexibility index (Phi) is 9.17. The lowest BCUT2D eigenvalue weighted by atomic mass is 10.4. The number of hydrogen-bond donors (Lipinski definition) is 2. The van der Waals surface area contributed by atoms with Gasteiger partial charge in [-0.05, 0) is 13.3 Å². The van der Waals surface area contributed by atoms with E-state index in [2.05, 4.69) is 25.6 Å². The maximum atomic E-state index is 12.5. The molecule has 0 spiro atoms. The summed E-state index contributed by atoms with van der Waals surface area (Å²) in [5.74, 6) is 0.562. The van der Waals surface area contributed by atoms with E-state index in [9.17, 15) is 13.2 Å². The fourth-order valence-electron chi connectivity index (χ4n) is 1.89. The number of halogens is 4. The van der Waals surface area contributed by atoms with Crippen LogP contribution < -0.4 is 10.6 Å². The van der Waals surface area contributed by atoms with Crippen LogP contribution in [-0.2, 0) is 19.3 Å². The summed E-state index contributed by atoms with van der Waals surface area (Å²) in [6, 6.07) is 0. The van der Waals surface area contributed by atoms with Crippen molar-refractivity contribution >= 4 is 41.3 Å². The number of rotatable bonds is 7. The van der Waals surface area contributed by atoms with Gasteiger partial charge in [0.05, 0.1) is 12.9 Å². The van der Waals surface area contributed by atoms with Crippen LogP contribution >= 0.6 is 35.3 Å². The summed E-state index contributed by atoms with van der Waals surface area (Å²) in [4.78, 5) is 11.8. The van der Waals surface area contributed by atoms with E-state index in [1.165, 1.54) is 0 Å². The lowest BCUT2D eigenvalue weighted by Gasteiger charge is -2.11. The van der Waals surface area contributed by atoms with Gasteiger partial charge in [0.15, 0.2) is 11.7 Å². The predicted molar refractivity (Wildman–Crippen MR) is 102 cm³/mol. The van der Waals surface area contributed by atoms with Gasteiger partial charge in [-0.3, -0.25) is 0 Å². The van der Waals surface area contributed by atoms with E-state index >= 15 is 0 Å². The summed E-state index contributed by atoms with van der Waals surface area (Å²) in [5.41, 5.74) is -0.865. The van der Waals surface area contributed by atoms with Gasteiger partial charge in [-0.2, -0.15) is 13.2 Å². The van der Waals surface area contributed by atoms with Crippen LogP contribution in [-0.4, -0.2) is 33.6 Å². The highest BCUT2D eigenvalue weighted by Gasteiger charge is 2.33. The minimum atomic E-state index is -4.41. The largest absolute Gasteiger partial charge is 0.434 e. The molecule has 2 aromatic rings. The molecule has 6 nitrogen and oxygen atoms in total. The number of guanidine groups is 1. The molecule has 0 aromatic carbocycles. The van der Waals surface area contributed by atoms with E-state index in [1.807, 2.05) is 17.7 Å². The van der Waals surface area contributed by atoms with E-state index in [0.717, 1.165) is 29.7 Å². The Balaban J connectivity index is 0.00000312. The number of nitrogens with zero attached hydrogens (tertiary/aromatic N) is 4. The number of thiazole rings is 1. The second-order valence-electron chi connectivity index (χ2n) is 4.90. The van der Waals surface area contributed by atoms with Crippen molar-refractivity contribution in [3.63, 3.8) is 0 Å². The number of alkyl halides is 3. The number of hydrogen-bond acceptors (Lipinski definition) is 4. The normalized spacial score (nSPS) is 11.9. The fourth-order valence-corrected chi connectivity index (χ4v) is 2.61. The molecule has 0 saturated carbocycles. The molecule has 0 fully saturated rings. The average Bonchev–Trinajstić information content (AvgIpc) is 3.19. The van der Waals surface area contributed by atoms with Crippen LogP contribution in [0.4, 0.5) is 13.2 Å². The van der Waals surface area contributed by atoms with Crippen LogP contribution in [0.25, 0.3) is 0 Å². The summed E-state index contributed by atoms with van der Waals surface area (Å²) in [6.07, 6.45) is 1.83. The maximum absolute atomic E-state index is 12.5. The molecule has 140 valence electrons. The number of aliphatic imine (C=N–C) groups is 1.